The molecule has 4 heteroatoms. The monoisotopic (exact) mass is 328 g/mol. The lowest BCUT2D eigenvalue weighted by Crippen LogP contribution is -2.48. The molecule has 0 aliphatic heterocycles. The number of aliphatic hydroxyl groups excluding tert-OH is 1. The van der Waals surface area contributed by atoms with Crippen LogP contribution in [0.1, 0.15) is 48.0 Å². The van der Waals surface area contributed by atoms with Crippen LogP contribution in [0.4, 0.5) is 0 Å². The zero-order valence-electron chi connectivity index (χ0n) is 15.6. The van der Waals surface area contributed by atoms with E-state index >= 15 is 0 Å². The molecule has 0 aromatic heterocycles. The molecular weight excluding hydrogens is 292 g/mol. The normalized spacial score (nSPS) is 14.5. The third-order valence-electron chi connectivity index (χ3n) is 4.06. The Morgan fingerprint density at radius 1 is 0.905 bits per heavy atom. The van der Waals surface area contributed by atoms with Crippen molar-refractivity contribution in [2.24, 2.45) is 0 Å². The number of hydrogen-bond donors (Lipinski definition) is 1. The van der Waals surface area contributed by atoms with Crippen molar-refractivity contribution >= 4 is 16.4 Å². The van der Waals surface area contributed by atoms with Crippen molar-refractivity contribution in [3.05, 3.63) is 0 Å². The van der Waals surface area contributed by atoms with Gasteiger partial charge in [-0.1, -0.05) is 67.1 Å². The molecule has 124 valence electrons. The summed E-state index contributed by atoms with van der Waals surface area (Å²) in [5, 5.41) is 10.0. The third kappa shape index (κ3) is 6.69. The smallest absolute Gasteiger partial charge is 0.200 e. The van der Waals surface area contributed by atoms with Gasteiger partial charge in [-0.3, -0.25) is 0 Å². The molecule has 0 bridgehead atoms. The fraction of sp³-hybridized carbons (Fsp3) is 0.882. The Kier molecular flexibility index (Phi) is 8.49. The summed E-state index contributed by atoms with van der Waals surface area (Å²) in [7, 11) is -3.21. The number of rotatable bonds is 7. The van der Waals surface area contributed by atoms with Gasteiger partial charge in [-0.25, -0.2) is 0 Å². The fourth-order valence-electron chi connectivity index (χ4n) is 3.22. The molecule has 0 saturated heterocycles. The summed E-state index contributed by atoms with van der Waals surface area (Å²) in [4.78, 5) is 0. The second-order valence-electron chi connectivity index (χ2n) is 7.99. The third-order valence-corrected chi connectivity index (χ3v) is 11.1. The quantitative estimate of drug-likeness (QED) is 0.537. The van der Waals surface area contributed by atoms with E-state index < -0.39 is 22.5 Å². The molecule has 0 aliphatic rings. The van der Waals surface area contributed by atoms with Gasteiger partial charge in [0, 0.05) is 13.0 Å². The van der Waals surface area contributed by atoms with Crippen LogP contribution in [0, 0.1) is 11.5 Å². The molecule has 1 atom stereocenters. The van der Waals surface area contributed by atoms with Crippen molar-refractivity contribution in [1.29, 1.82) is 0 Å². The fourth-order valence-corrected chi connectivity index (χ4v) is 9.29. The minimum Gasteiger partial charge on any atom is -0.416 e. The summed E-state index contributed by atoms with van der Waals surface area (Å²) in [6, 6.07) is 0. The number of aliphatic hydroxyl groups is 1. The van der Waals surface area contributed by atoms with Crippen LogP contribution in [0.25, 0.3) is 0 Å². The highest BCUT2D eigenvalue weighted by Gasteiger charge is 2.44. The predicted molar refractivity (Wildman–Crippen MR) is 98.7 cm³/mol. The summed E-state index contributed by atoms with van der Waals surface area (Å²) in [5.74, 6) is 3.00. The Bertz CT molecular complexity index is 337. The molecule has 0 aromatic carbocycles. The van der Waals surface area contributed by atoms with E-state index in [-0.39, 0.29) is 0 Å². The highest BCUT2D eigenvalue weighted by molar-refractivity contribution is 6.83. The second-order valence-corrected chi connectivity index (χ2v) is 18.2. The highest BCUT2D eigenvalue weighted by atomic mass is 28.4. The first-order valence-electron chi connectivity index (χ1n) is 8.28. The van der Waals surface area contributed by atoms with Crippen LogP contribution in [0.2, 0.25) is 36.3 Å². The summed E-state index contributed by atoms with van der Waals surface area (Å²) < 4.78 is 6.44. The Morgan fingerprint density at radius 3 is 1.67 bits per heavy atom. The van der Waals surface area contributed by atoms with E-state index in [0.717, 1.165) is 0 Å². The van der Waals surface area contributed by atoms with Gasteiger partial charge in [0.1, 0.15) is 14.2 Å². The first kappa shape index (κ1) is 20.9. The van der Waals surface area contributed by atoms with Crippen molar-refractivity contribution in [2.45, 2.75) is 90.3 Å². The Labute approximate surface area is 134 Å². The van der Waals surface area contributed by atoms with E-state index in [1.165, 1.54) is 0 Å². The zero-order valence-corrected chi connectivity index (χ0v) is 17.6. The van der Waals surface area contributed by atoms with Crippen molar-refractivity contribution in [1.82, 2.24) is 0 Å². The van der Waals surface area contributed by atoms with E-state index in [2.05, 4.69) is 72.6 Å². The molecular formula is C17H36O2Si2. The van der Waals surface area contributed by atoms with Gasteiger partial charge >= 0.3 is 0 Å². The minimum atomic E-state index is -1.80. The summed E-state index contributed by atoms with van der Waals surface area (Å²) in [6.07, 6.45) is 0.0770. The minimum absolute atomic E-state index is 0.546. The maximum Gasteiger partial charge on any atom is 0.200 e. The van der Waals surface area contributed by atoms with Gasteiger partial charge in [-0.2, -0.15) is 0 Å². The molecule has 0 rings (SSSR count). The Morgan fingerprint density at radius 2 is 1.33 bits per heavy atom. The number of hydrogen-bond acceptors (Lipinski definition) is 2. The molecule has 0 saturated carbocycles. The highest BCUT2D eigenvalue weighted by Crippen LogP contribution is 2.42. The molecule has 0 aromatic rings. The van der Waals surface area contributed by atoms with Crippen molar-refractivity contribution < 1.29 is 9.53 Å². The van der Waals surface area contributed by atoms with E-state index in [4.69, 9.17) is 4.43 Å². The van der Waals surface area contributed by atoms with Crippen LogP contribution in [0.3, 0.4) is 0 Å². The summed E-state index contributed by atoms with van der Waals surface area (Å²) in [6.45, 7) is 20.9. The van der Waals surface area contributed by atoms with Crippen LogP contribution in [-0.2, 0) is 4.43 Å². The molecule has 0 fully saturated rings. The van der Waals surface area contributed by atoms with Gasteiger partial charge in [0.2, 0.25) is 0 Å². The molecule has 0 spiro atoms. The molecule has 21 heavy (non-hydrogen) atoms. The molecule has 0 aliphatic carbocycles. The van der Waals surface area contributed by atoms with Gasteiger partial charge in [0.15, 0.2) is 8.32 Å². The lowest BCUT2D eigenvalue weighted by molar-refractivity contribution is 0.176. The predicted octanol–water partition coefficient (Wildman–Crippen LogP) is 4.81. The summed E-state index contributed by atoms with van der Waals surface area (Å²) >= 11 is 0. The van der Waals surface area contributed by atoms with Crippen LogP contribution in [0.5, 0.6) is 0 Å². The van der Waals surface area contributed by atoms with Crippen LogP contribution >= 0.6 is 0 Å². The average molecular weight is 329 g/mol. The molecule has 0 heterocycles. The van der Waals surface area contributed by atoms with Crippen molar-refractivity contribution in [3.8, 4) is 11.5 Å². The summed E-state index contributed by atoms with van der Waals surface area (Å²) in [5.41, 5.74) is 4.99. The topological polar surface area (TPSA) is 29.5 Å². The van der Waals surface area contributed by atoms with Gasteiger partial charge in [0.25, 0.3) is 0 Å². The second kappa shape index (κ2) is 8.52. The van der Waals surface area contributed by atoms with Gasteiger partial charge < -0.3 is 9.53 Å². The molecule has 1 unspecified atom stereocenters. The first-order valence-corrected chi connectivity index (χ1v) is 13.9. The average Bonchev–Trinajstić information content (AvgIpc) is 2.29. The van der Waals surface area contributed by atoms with E-state index in [1.54, 1.807) is 0 Å². The lowest BCUT2D eigenvalue weighted by Gasteiger charge is -2.42. The zero-order chi connectivity index (χ0) is 16.8. The van der Waals surface area contributed by atoms with Gasteiger partial charge in [0.05, 0.1) is 0 Å². The molecule has 0 amide bonds. The standard InChI is InChI=1S/C17H36O2Si2/c1-14(2)21(15(3)4,16(5)6)19-12-10-17(18)11-13-20(7,8)9/h14-18H,10,12H2,1-9H3. The van der Waals surface area contributed by atoms with E-state index in [0.29, 0.717) is 29.7 Å². The molecule has 1 N–H and O–H groups in total. The van der Waals surface area contributed by atoms with Gasteiger partial charge in [-0.15, -0.1) is 5.54 Å². The maximum absolute atomic E-state index is 10.0. The van der Waals surface area contributed by atoms with Crippen LogP contribution < -0.4 is 0 Å². The van der Waals surface area contributed by atoms with Crippen molar-refractivity contribution in [2.75, 3.05) is 6.61 Å². The molecule has 2 nitrogen and oxygen atoms in total. The SMILES string of the molecule is CC(C)[Si](OCCC(O)C#C[Si](C)(C)C)(C(C)C)C(C)C. The Balaban J connectivity index is 4.68. The van der Waals surface area contributed by atoms with E-state index in [1.807, 2.05) is 0 Å². The van der Waals surface area contributed by atoms with E-state index in [9.17, 15) is 5.11 Å². The van der Waals surface area contributed by atoms with Gasteiger partial charge in [-0.05, 0) is 16.6 Å². The largest absolute Gasteiger partial charge is 0.416 e. The first-order chi connectivity index (χ1) is 9.43. The Hall–Kier alpha value is -0.0862. The van der Waals surface area contributed by atoms with Crippen LogP contribution in [-0.4, -0.2) is 34.2 Å². The maximum atomic E-state index is 10.0. The van der Waals surface area contributed by atoms with Crippen molar-refractivity contribution in [3.63, 3.8) is 0 Å². The van der Waals surface area contributed by atoms with Crippen LogP contribution in [0.15, 0.2) is 0 Å². The molecule has 0 radical (unpaired) electrons. The lowest BCUT2D eigenvalue weighted by atomic mass is 10.3.